The van der Waals surface area contributed by atoms with Crippen LogP contribution in [0, 0.1) is 10.1 Å². The molecular formula is C18H16ClF3N2O6. The molecule has 0 amide bonds. The third-order valence-corrected chi connectivity index (χ3v) is 4.16. The highest BCUT2D eigenvalue weighted by molar-refractivity contribution is 6.32. The number of ether oxygens (including phenoxy) is 2. The second-order valence-corrected chi connectivity index (χ2v) is 6.17. The van der Waals surface area contributed by atoms with E-state index in [0.717, 1.165) is 23.3 Å². The number of nitro groups is 1. The van der Waals surface area contributed by atoms with Crippen LogP contribution in [0.5, 0.6) is 11.5 Å². The van der Waals surface area contributed by atoms with Crippen molar-refractivity contribution in [2.45, 2.75) is 12.6 Å². The van der Waals surface area contributed by atoms with Gasteiger partial charge >= 0.3 is 12.1 Å². The SMILES string of the molecule is COC(=O)CCN(OC)c1cc(Oc2ccc(C(F)(F)F)cc2Cl)ccc1[N+](=O)[O-]. The fraction of sp³-hybridized carbons (Fsp3) is 0.278. The summed E-state index contributed by atoms with van der Waals surface area (Å²) in [4.78, 5) is 27.2. The molecule has 0 saturated heterocycles. The van der Waals surface area contributed by atoms with E-state index in [-0.39, 0.29) is 40.9 Å². The molecule has 2 aromatic rings. The molecule has 0 saturated carbocycles. The number of nitrogens with zero attached hydrogens (tertiary/aromatic N) is 2. The summed E-state index contributed by atoms with van der Waals surface area (Å²) in [6.45, 7) is -0.0610. The molecule has 0 aromatic heterocycles. The Bertz CT molecular complexity index is 939. The highest BCUT2D eigenvalue weighted by atomic mass is 35.5. The molecule has 0 aliphatic rings. The first-order valence-electron chi connectivity index (χ1n) is 8.28. The Morgan fingerprint density at radius 1 is 1.20 bits per heavy atom. The molecule has 162 valence electrons. The zero-order chi connectivity index (χ0) is 22.5. The maximum Gasteiger partial charge on any atom is 0.416 e. The molecule has 0 aliphatic heterocycles. The fourth-order valence-corrected chi connectivity index (χ4v) is 2.63. The average Bonchev–Trinajstić information content (AvgIpc) is 2.69. The number of esters is 1. The van der Waals surface area contributed by atoms with Crippen LogP contribution in [0.3, 0.4) is 0 Å². The van der Waals surface area contributed by atoms with Crippen molar-refractivity contribution < 1.29 is 37.2 Å². The third-order valence-electron chi connectivity index (χ3n) is 3.87. The normalized spacial score (nSPS) is 11.1. The maximum absolute atomic E-state index is 12.8. The van der Waals surface area contributed by atoms with E-state index in [1.807, 2.05) is 0 Å². The van der Waals surface area contributed by atoms with E-state index in [4.69, 9.17) is 21.2 Å². The van der Waals surface area contributed by atoms with E-state index in [0.29, 0.717) is 6.07 Å². The van der Waals surface area contributed by atoms with Gasteiger partial charge in [-0.05, 0) is 24.3 Å². The smallest absolute Gasteiger partial charge is 0.416 e. The number of halogens is 4. The lowest BCUT2D eigenvalue weighted by Gasteiger charge is -2.21. The van der Waals surface area contributed by atoms with Crippen molar-refractivity contribution in [3.63, 3.8) is 0 Å². The summed E-state index contributed by atoms with van der Waals surface area (Å²) in [5.41, 5.74) is -1.32. The van der Waals surface area contributed by atoms with Crippen molar-refractivity contribution in [1.29, 1.82) is 0 Å². The largest absolute Gasteiger partial charge is 0.469 e. The number of rotatable bonds is 8. The van der Waals surface area contributed by atoms with Crippen molar-refractivity contribution in [1.82, 2.24) is 0 Å². The van der Waals surface area contributed by atoms with Crippen molar-refractivity contribution in [3.8, 4) is 11.5 Å². The Labute approximate surface area is 173 Å². The summed E-state index contributed by atoms with van der Waals surface area (Å²) < 4.78 is 48.3. The van der Waals surface area contributed by atoms with Crippen LogP contribution in [0.2, 0.25) is 5.02 Å². The molecule has 2 rings (SSSR count). The van der Waals surface area contributed by atoms with Crippen LogP contribution in [0.1, 0.15) is 12.0 Å². The zero-order valence-corrected chi connectivity index (χ0v) is 16.5. The number of carbonyl (C=O) groups is 1. The molecule has 0 fully saturated rings. The number of anilines is 1. The highest BCUT2D eigenvalue weighted by Gasteiger charge is 2.31. The standard InChI is InChI=1S/C18H16ClF3N2O6/c1-28-17(25)7-8-23(29-2)15-10-12(4-5-14(15)24(26)27)30-16-6-3-11(9-13(16)19)18(20,21)22/h3-6,9-10H,7-8H2,1-2H3. The van der Waals surface area contributed by atoms with Crippen molar-refractivity contribution >= 4 is 28.9 Å². The Morgan fingerprint density at radius 3 is 2.43 bits per heavy atom. The van der Waals surface area contributed by atoms with Gasteiger partial charge in [0, 0.05) is 12.1 Å². The second-order valence-electron chi connectivity index (χ2n) is 5.76. The fourth-order valence-electron chi connectivity index (χ4n) is 2.41. The van der Waals surface area contributed by atoms with Crippen molar-refractivity contribution in [2.24, 2.45) is 0 Å². The first kappa shape index (κ1) is 23.2. The van der Waals surface area contributed by atoms with Gasteiger partial charge in [-0.15, -0.1) is 0 Å². The van der Waals surface area contributed by atoms with Crippen LogP contribution in [0.25, 0.3) is 0 Å². The number of methoxy groups -OCH3 is 1. The highest BCUT2D eigenvalue weighted by Crippen LogP contribution is 2.38. The lowest BCUT2D eigenvalue weighted by Crippen LogP contribution is -2.26. The van der Waals surface area contributed by atoms with Crippen molar-refractivity contribution in [3.05, 3.63) is 57.1 Å². The lowest BCUT2D eigenvalue weighted by atomic mass is 10.2. The molecule has 0 spiro atoms. The van der Waals surface area contributed by atoms with Crippen LogP contribution in [0.4, 0.5) is 24.5 Å². The monoisotopic (exact) mass is 448 g/mol. The first-order chi connectivity index (χ1) is 14.1. The van der Waals surface area contributed by atoms with Gasteiger partial charge in [0.25, 0.3) is 5.69 Å². The molecule has 12 heteroatoms. The molecule has 0 heterocycles. The molecule has 8 nitrogen and oxygen atoms in total. The number of hydroxylamine groups is 1. The number of benzene rings is 2. The topological polar surface area (TPSA) is 91.1 Å². The van der Waals surface area contributed by atoms with Gasteiger partial charge < -0.3 is 9.47 Å². The van der Waals surface area contributed by atoms with E-state index >= 15 is 0 Å². The molecule has 0 atom stereocenters. The van der Waals surface area contributed by atoms with Crippen LogP contribution in [-0.4, -0.2) is 31.7 Å². The minimum Gasteiger partial charge on any atom is -0.469 e. The van der Waals surface area contributed by atoms with Gasteiger partial charge in [-0.1, -0.05) is 11.6 Å². The lowest BCUT2D eigenvalue weighted by molar-refractivity contribution is -0.384. The predicted octanol–water partition coefficient (Wildman–Crippen LogP) is 4.99. The van der Waals surface area contributed by atoms with E-state index in [1.165, 1.54) is 26.4 Å². The molecular weight excluding hydrogens is 433 g/mol. The second kappa shape index (κ2) is 9.63. The summed E-state index contributed by atoms with van der Waals surface area (Å²) >= 11 is 5.88. The molecule has 2 aromatic carbocycles. The molecule has 0 radical (unpaired) electrons. The zero-order valence-electron chi connectivity index (χ0n) is 15.7. The Kier molecular flexibility index (Phi) is 7.46. The Balaban J connectivity index is 2.35. The summed E-state index contributed by atoms with van der Waals surface area (Å²) in [7, 11) is 2.45. The van der Waals surface area contributed by atoms with Gasteiger partial charge in [0.2, 0.25) is 0 Å². The van der Waals surface area contributed by atoms with E-state index in [9.17, 15) is 28.1 Å². The minimum atomic E-state index is -4.57. The quantitative estimate of drug-likeness (QED) is 0.319. The minimum absolute atomic E-state index is 0.0352. The molecule has 30 heavy (non-hydrogen) atoms. The maximum atomic E-state index is 12.8. The number of hydrogen-bond donors (Lipinski definition) is 0. The summed E-state index contributed by atoms with van der Waals surface area (Å²) in [5.74, 6) is -0.580. The van der Waals surface area contributed by atoms with E-state index < -0.39 is 22.6 Å². The number of carbonyl (C=O) groups excluding carboxylic acids is 1. The number of nitro benzene ring substituents is 1. The molecule has 0 aliphatic carbocycles. The summed E-state index contributed by atoms with van der Waals surface area (Å²) in [6.07, 6.45) is -4.68. The summed E-state index contributed by atoms with van der Waals surface area (Å²) in [6, 6.07) is 6.17. The Morgan fingerprint density at radius 2 is 1.90 bits per heavy atom. The van der Waals surface area contributed by atoms with Crippen LogP contribution in [-0.2, 0) is 20.5 Å². The van der Waals surface area contributed by atoms with E-state index in [2.05, 4.69) is 4.74 Å². The van der Waals surface area contributed by atoms with Crippen molar-refractivity contribution in [2.75, 3.05) is 25.8 Å². The first-order valence-corrected chi connectivity index (χ1v) is 8.66. The van der Waals surface area contributed by atoms with Crippen LogP contribution in [0.15, 0.2) is 36.4 Å². The van der Waals surface area contributed by atoms with Gasteiger partial charge in [0.05, 0.1) is 42.7 Å². The number of hydrogen-bond acceptors (Lipinski definition) is 7. The third kappa shape index (κ3) is 5.74. The molecule has 0 bridgehead atoms. The number of alkyl halides is 3. The Hall–Kier alpha value is -3.05. The van der Waals surface area contributed by atoms with Gasteiger partial charge in [0.1, 0.15) is 17.2 Å². The average molecular weight is 449 g/mol. The van der Waals surface area contributed by atoms with E-state index in [1.54, 1.807) is 0 Å². The molecule has 0 N–H and O–H groups in total. The van der Waals surface area contributed by atoms with Gasteiger partial charge in [0.15, 0.2) is 0 Å². The van der Waals surface area contributed by atoms with Gasteiger partial charge in [-0.2, -0.15) is 13.2 Å². The van der Waals surface area contributed by atoms with Gasteiger partial charge in [-0.25, -0.2) is 5.06 Å². The summed E-state index contributed by atoms with van der Waals surface area (Å²) in [5, 5.41) is 12.2. The van der Waals surface area contributed by atoms with Gasteiger partial charge in [-0.3, -0.25) is 19.7 Å². The van der Waals surface area contributed by atoms with Crippen LogP contribution < -0.4 is 9.80 Å². The molecule has 0 unspecified atom stereocenters. The van der Waals surface area contributed by atoms with Crippen LogP contribution >= 0.6 is 11.6 Å². The predicted molar refractivity (Wildman–Crippen MR) is 101 cm³/mol.